The van der Waals surface area contributed by atoms with Crippen molar-refractivity contribution in [2.45, 2.75) is 18.2 Å². The second-order valence-corrected chi connectivity index (χ2v) is 4.61. The van der Waals surface area contributed by atoms with Crippen LogP contribution in [-0.2, 0) is 10.0 Å². The zero-order valence-electron chi connectivity index (χ0n) is 8.42. The molecule has 1 aromatic rings. The van der Waals surface area contributed by atoms with E-state index in [1.165, 1.54) is 0 Å². The number of hydrogen-bond acceptors (Lipinski definition) is 5. The first kappa shape index (κ1) is 13.4. The van der Waals surface area contributed by atoms with E-state index >= 15 is 0 Å². The number of alkyl halides is 2. The van der Waals surface area contributed by atoms with Gasteiger partial charge in [0.2, 0.25) is 10.0 Å². The second-order valence-electron chi connectivity index (χ2n) is 3.08. The Labute approximate surface area is 94.5 Å². The van der Waals surface area contributed by atoms with Crippen LogP contribution in [0.25, 0.3) is 0 Å². The summed E-state index contributed by atoms with van der Waals surface area (Å²) in [4.78, 5) is 11.9. The van der Waals surface area contributed by atoms with Crippen molar-refractivity contribution in [1.82, 2.24) is 4.98 Å². The van der Waals surface area contributed by atoms with E-state index in [4.69, 9.17) is 5.14 Å². The lowest BCUT2D eigenvalue weighted by Crippen LogP contribution is -2.16. The van der Waals surface area contributed by atoms with Gasteiger partial charge in [-0.3, -0.25) is 10.1 Å². The Kier molecular flexibility index (Phi) is 3.38. The molecule has 0 bridgehead atoms. The average molecular weight is 267 g/mol. The average Bonchev–Trinajstić information content (AvgIpc) is 2.14. The molecule has 0 saturated heterocycles. The molecule has 0 radical (unpaired) electrons. The first-order valence-corrected chi connectivity index (χ1v) is 5.66. The summed E-state index contributed by atoms with van der Waals surface area (Å²) in [5.74, 6) is 0. The van der Waals surface area contributed by atoms with Crippen molar-refractivity contribution in [2.24, 2.45) is 5.14 Å². The van der Waals surface area contributed by atoms with Gasteiger partial charge >= 0.3 is 0 Å². The Morgan fingerprint density at radius 3 is 2.41 bits per heavy atom. The quantitative estimate of drug-likeness (QED) is 0.644. The van der Waals surface area contributed by atoms with Gasteiger partial charge in [0.05, 0.1) is 10.6 Å². The minimum Gasteiger partial charge on any atom is -0.258 e. The summed E-state index contributed by atoms with van der Waals surface area (Å²) in [5.41, 5.74) is -2.47. The maximum atomic E-state index is 12.4. The van der Waals surface area contributed by atoms with Crippen LogP contribution in [-0.4, -0.2) is 18.3 Å². The summed E-state index contributed by atoms with van der Waals surface area (Å²) in [7, 11) is -4.24. The molecule has 1 heterocycles. The number of nitrogens with two attached hydrogens (primary N) is 1. The molecule has 0 aliphatic heterocycles. The van der Waals surface area contributed by atoms with Crippen LogP contribution < -0.4 is 5.14 Å². The highest BCUT2D eigenvalue weighted by atomic mass is 32.2. The molecule has 1 aromatic heterocycles. The monoisotopic (exact) mass is 267 g/mol. The van der Waals surface area contributed by atoms with Crippen LogP contribution in [0.3, 0.4) is 0 Å². The molecule has 0 spiro atoms. The maximum Gasteiger partial charge on any atom is 0.298 e. The fraction of sp³-hybridized carbons (Fsp3) is 0.286. The van der Waals surface area contributed by atoms with E-state index in [0.717, 1.165) is 6.92 Å². The topological polar surface area (TPSA) is 116 Å². The highest BCUT2D eigenvalue weighted by Crippen LogP contribution is 2.29. The molecule has 7 nitrogen and oxygen atoms in total. The fourth-order valence-electron chi connectivity index (χ4n) is 1.19. The molecule has 2 N–H and O–H groups in total. The first-order chi connectivity index (χ1) is 7.64. The summed E-state index contributed by atoms with van der Waals surface area (Å²) < 4.78 is 47.0. The number of aryl methyl sites for hydroxylation is 1. The summed E-state index contributed by atoms with van der Waals surface area (Å²) in [5, 5.41) is 15.3. The zero-order valence-corrected chi connectivity index (χ0v) is 9.24. The maximum absolute atomic E-state index is 12.4. The third kappa shape index (κ3) is 2.71. The normalized spacial score (nSPS) is 11.8. The third-order valence-electron chi connectivity index (χ3n) is 1.88. The van der Waals surface area contributed by atoms with E-state index in [1.807, 2.05) is 0 Å². The number of nitro groups is 1. The van der Waals surface area contributed by atoms with Gasteiger partial charge in [-0.25, -0.2) is 27.3 Å². The van der Waals surface area contributed by atoms with Gasteiger partial charge in [-0.1, -0.05) is 0 Å². The number of primary sulfonamides is 1. The zero-order chi connectivity index (χ0) is 13.4. The van der Waals surface area contributed by atoms with Gasteiger partial charge < -0.3 is 0 Å². The summed E-state index contributed by atoms with van der Waals surface area (Å²) in [6.07, 6.45) is -3.18. The molecule has 0 amide bonds. The lowest BCUT2D eigenvalue weighted by molar-refractivity contribution is -0.386. The molecule has 0 aliphatic rings. The van der Waals surface area contributed by atoms with Gasteiger partial charge in [-0.15, -0.1) is 0 Å². The first-order valence-electron chi connectivity index (χ1n) is 4.11. The molecule has 0 saturated carbocycles. The molecule has 0 aliphatic carbocycles. The summed E-state index contributed by atoms with van der Waals surface area (Å²) >= 11 is 0. The Hall–Kier alpha value is -1.68. The van der Waals surface area contributed by atoms with Gasteiger partial charge in [0.1, 0.15) is 4.90 Å². The van der Waals surface area contributed by atoms with E-state index in [1.54, 1.807) is 0 Å². The van der Waals surface area contributed by atoms with Crippen molar-refractivity contribution in [3.63, 3.8) is 0 Å². The molecule has 0 fully saturated rings. The smallest absolute Gasteiger partial charge is 0.258 e. The summed E-state index contributed by atoms with van der Waals surface area (Å²) in [6, 6.07) is 0.485. The standard InChI is InChI=1S/C7H7F2N3O4S/c1-3-5(17(10,15)16)2-4(12(13)14)6(11-3)7(8)9/h2,7H,1H3,(H2,10,15,16). The molecular weight excluding hydrogens is 260 g/mol. The molecular formula is C7H7F2N3O4S. The lowest BCUT2D eigenvalue weighted by atomic mass is 10.2. The van der Waals surface area contributed by atoms with Crippen LogP contribution in [0.5, 0.6) is 0 Å². The number of rotatable bonds is 3. The number of nitrogens with zero attached hydrogens (tertiary/aromatic N) is 2. The van der Waals surface area contributed by atoms with E-state index in [0.29, 0.717) is 6.07 Å². The number of aromatic nitrogens is 1. The Morgan fingerprint density at radius 1 is 1.53 bits per heavy atom. The van der Waals surface area contributed by atoms with Crippen LogP contribution in [0.1, 0.15) is 17.8 Å². The Morgan fingerprint density at radius 2 is 2.06 bits per heavy atom. The highest BCUT2D eigenvalue weighted by molar-refractivity contribution is 7.89. The highest BCUT2D eigenvalue weighted by Gasteiger charge is 2.28. The van der Waals surface area contributed by atoms with E-state index in [-0.39, 0.29) is 5.69 Å². The van der Waals surface area contributed by atoms with Crippen LogP contribution in [0.15, 0.2) is 11.0 Å². The van der Waals surface area contributed by atoms with Crippen molar-refractivity contribution in [3.8, 4) is 0 Å². The predicted octanol–water partition coefficient (Wildman–Crippen LogP) is 0.883. The van der Waals surface area contributed by atoms with Crippen LogP contribution in [0.4, 0.5) is 14.5 Å². The third-order valence-corrected chi connectivity index (χ3v) is 2.91. The number of hydrogen-bond donors (Lipinski definition) is 1. The number of pyridine rings is 1. The fourth-order valence-corrected chi connectivity index (χ4v) is 1.92. The lowest BCUT2D eigenvalue weighted by Gasteiger charge is -2.06. The van der Waals surface area contributed by atoms with E-state index in [9.17, 15) is 27.3 Å². The molecule has 1 rings (SSSR count). The molecule has 10 heteroatoms. The van der Waals surface area contributed by atoms with Crippen molar-refractivity contribution >= 4 is 15.7 Å². The second kappa shape index (κ2) is 4.30. The molecule has 0 atom stereocenters. The minimum absolute atomic E-state index is 0.312. The molecule has 0 aromatic carbocycles. The summed E-state index contributed by atoms with van der Waals surface area (Å²) in [6.45, 7) is 1.12. The van der Waals surface area contributed by atoms with Gasteiger partial charge in [0.15, 0.2) is 5.69 Å². The van der Waals surface area contributed by atoms with Gasteiger partial charge in [-0.2, -0.15) is 0 Å². The molecule has 17 heavy (non-hydrogen) atoms. The Balaban J connectivity index is 3.63. The predicted molar refractivity (Wildman–Crippen MR) is 52.0 cm³/mol. The van der Waals surface area contributed by atoms with Crippen molar-refractivity contribution in [2.75, 3.05) is 0 Å². The van der Waals surface area contributed by atoms with Gasteiger partial charge in [0.25, 0.3) is 12.1 Å². The van der Waals surface area contributed by atoms with Crippen LogP contribution >= 0.6 is 0 Å². The van der Waals surface area contributed by atoms with E-state index < -0.39 is 37.6 Å². The SMILES string of the molecule is Cc1nc(C(F)F)c([N+](=O)[O-])cc1S(N)(=O)=O. The van der Waals surface area contributed by atoms with Crippen molar-refractivity contribution in [3.05, 3.63) is 27.6 Å². The van der Waals surface area contributed by atoms with Crippen molar-refractivity contribution < 1.29 is 22.1 Å². The Bertz CT molecular complexity index is 573. The van der Waals surface area contributed by atoms with Crippen LogP contribution in [0.2, 0.25) is 0 Å². The number of halogens is 2. The van der Waals surface area contributed by atoms with Crippen LogP contribution in [0, 0.1) is 17.0 Å². The number of sulfonamides is 1. The van der Waals surface area contributed by atoms with Gasteiger partial charge in [-0.05, 0) is 6.92 Å². The minimum atomic E-state index is -4.24. The van der Waals surface area contributed by atoms with Gasteiger partial charge in [0, 0.05) is 6.07 Å². The molecule has 94 valence electrons. The molecule has 0 unspecified atom stereocenters. The largest absolute Gasteiger partial charge is 0.298 e. The van der Waals surface area contributed by atoms with E-state index in [2.05, 4.69) is 4.98 Å². The van der Waals surface area contributed by atoms with Crippen molar-refractivity contribution in [1.29, 1.82) is 0 Å².